The number of anilines is 1. The molecule has 0 fully saturated rings. The molecule has 0 aliphatic heterocycles. The molecule has 0 unspecified atom stereocenters. The van der Waals surface area contributed by atoms with Crippen LogP contribution >= 0.6 is 11.6 Å². The van der Waals surface area contributed by atoms with Gasteiger partial charge < -0.3 is 0 Å². The molecule has 0 aliphatic rings. The van der Waals surface area contributed by atoms with Crippen LogP contribution in [0.25, 0.3) is 0 Å². The number of aromatic nitrogens is 1. The molecule has 1 aromatic rings. The van der Waals surface area contributed by atoms with Crippen LogP contribution in [0.1, 0.15) is 0 Å². The topological polar surface area (TPSA) is 37.3 Å². The minimum Gasteiger partial charge on any atom is -0.261 e. The van der Waals surface area contributed by atoms with Crippen LogP contribution in [-0.2, 0) is 0 Å². The molecule has 3 nitrogen and oxygen atoms in total. The van der Waals surface area contributed by atoms with Crippen LogP contribution in [0.3, 0.4) is 0 Å². The summed E-state index contributed by atoms with van der Waals surface area (Å²) in [6.07, 6.45) is -3.26. The summed E-state index contributed by atoms with van der Waals surface area (Å²) in [7, 11) is 0. The summed E-state index contributed by atoms with van der Waals surface area (Å²) in [5.41, 5.74) is 2.10. The van der Waals surface area contributed by atoms with Crippen LogP contribution in [-0.4, -0.2) is 17.4 Å². The molecule has 0 spiro atoms. The molecule has 7 heteroatoms. The molecule has 0 aromatic carbocycles. The normalized spacial score (nSPS) is 12.0. The minimum atomic E-state index is -4.44. The van der Waals surface area contributed by atoms with Crippen molar-refractivity contribution in [2.24, 2.45) is 5.10 Å². The highest BCUT2D eigenvalue weighted by molar-refractivity contribution is 6.30. The van der Waals surface area contributed by atoms with Crippen molar-refractivity contribution in [2.75, 3.05) is 5.43 Å². The van der Waals surface area contributed by atoms with Gasteiger partial charge in [-0.1, -0.05) is 11.6 Å². The first-order valence-corrected chi connectivity index (χ1v) is 3.84. The second-order valence-corrected chi connectivity index (χ2v) is 2.71. The van der Waals surface area contributed by atoms with Crippen molar-refractivity contribution in [2.45, 2.75) is 6.18 Å². The summed E-state index contributed by atoms with van der Waals surface area (Å²) >= 11 is 5.56. The minimum absolute atomic E-state index is 0.151. The maximum Gasteiger partial charge on any atom is 0.428 e. The van der Waals surface area contributed by atoms with E-state index < -0.39 is 6.18 Å². The maximum atomic E-state index is 11.6. The lowest BCUT2D eigenvalue weighted by atomic mass is 10.5. The maximum absolute atomic E-state index is 11.6. The van der Waals surface area contributed by atoms with Gasteiger partial charge >= 0.3 is 6.18 Å². The number of rotatable bonds is 2. The number of hydrazone groups is 1. The van der Waals surface area contributed by atoms with Crippen molar-refractivity contribution in [3.8, 4) is 0 Å². The fourth-order valence-corrected chi connectivity index (χ4v) is 0.797. The highest BCUT2D eigenvalue weighted by Crippen LogP contribution is 2.13. The van der Waals surface area contributed by atoms with E-state index in [0.29, 0.717) is 5.02 Å². The molecular weight excluding hydrogens is 219 g/mol. The summed E-state index contributed by atoms with van der Waals surface area (Å²) in [4.78, 5) is 3.68. The highest BCUT2D eigenvalue weighted by Gasteiger charge is 2.23. The number of halogens is 4. The SMILES string of the molecule is FC(F)(F)/C=N/Nc1cc(Cl)ccn1. The number of hydrogen-bond donors (Lipinski definition) is 1. The molecule has 76 valence electrons. The molecule has 0 radical (unpaired) electrons. The summed E-state index contributed by atoms with van der Waals surface area (Å²) in [6, 6.07) is 2.86. The van der Waals surface area contributed by atoms with Gasteiger partial charge in [-0.2, -0.15) is 18.3 Å². The molecular formula is C7H5ClF3N3. The summed E-state index contributed by atoms with van der Waals surface area (Å²) in [6.45, 7) is 0. The molecule has 14 heavy (non-hydrogen) atoms. The third-order valence-corrected chi connectivity index (χ3v) is 1.35. The standard InChI is InChI=1S/C7H5ClF3N3/c8-5-1-2-12-6(3-5)14-13-4-7(9,10)11/h1-4H,(H,12,14)/b13-4+. The first-order chi connectivity index (χ1) is 6.47. The van der Waals surface area contributed by atoms with E-state index >= 15 is 0 Å². The second-order valence-electron chi connectivity index (χ2n) is 2.27. The average molecular weight is 224 g/mol. The Morgan fingerprint density at radius 2 is 2.21 bits per heavy atom. The van der Waals surface area contributed by atoms with Crippen LogP contribution in [0.2, 0.25) is 5.02 Å². The van der Waals surface area contributed by atoms with Crippen LogP contribution < -0.4 is 5.43 Å². The fraction of sp³-hybridized carbons (Fsp3) is 0.143. The summed E-state index contributed by atoms with van der Waals surface area (Å²) in [5.74, 6) is 0.151. The summed E-state index contributed by atoms with van der Waals surface area (Å²) < 4.78 is 34.8. The van der Waals surface area contributed by atoms with Gasteiger partial charge in [0.15, 0.2) is 0 Å². The lowest BCUT2D eigenvalue weighted by Gasteiger charge is -2.00. The van der Waals surface area contributed by atoms with Gasteiger partial charge in [0.1, 0.15) is 12.0 Å². The third kappa shape index (κ3) is 4.08. The molecule has 0 atom stereocenters. The zero-order valence-corrected chi connectivity index (χ0v) is 7.47. The Morgan fingerprint density at radius 3 is 2.79 bits per heavy atom. The summed E-state index contributed by atoms with van der Waals surface area (Å²) in [5, 5.41) is 3.30. The van der Waals surface area contributed by atoms with Crippen LogP contribution in [0.15, 0.2) is 23.4 Å². The van der Waals surface area contributed by atoms with E-state index in [1.165, 1.54) is 18.3 Å². The van der Waals surface area contributed by atoms with E-state index in [0.717, 1.165) is 0 Å². The van der Waals surface area contributed by atoms with Gasteiger partial charge in [0.05, 0.1) is 0 Å². The van der Waals surface area contributed by atoms with E-state index in [1.54, 1.807) is 0 Å². The number of nitrogens with zero attached hydrogens (tertiary/aromatic N) is 2. The lowest BCUT2D eigenvalue weighted by molar-refractivity contribution is -0.0536. The molecule has 0 aliphatic carbocycles. The number of pyridine rings is 1. The lowest BCUT2D eigenvalue weighted by Crippen LogP contribution is -2.10. The average Bonchev–Trinajstić information content (AvgIpc) is 2.01. The first-order valence-electron chi connectivity index (χ1n) is 3.46. The van der Waals surface area contributed by atoms with E-state index in [1.807, 2.05) is 0 Å². The first kappa shape index (κ1) is 10.8. The molecule has 1 N–H and O–H groups in total. The van der Waals surface area contributed by atoms with Crippen molar-refractivity contribution >= 4 is 23.6 Å². The Hall–Kier alpha value is -1.30. The van der Waals surface area contributed by atoms with Gasteiger partial charge in [0.2, 0.25) is 0 Å². The van der Waals surface area contributed by atoms with Crippen molar-refractivity contribution in [1.29, 1.82) is 0 Å². The van der Waals surface area contributed by atoms with E-state index in [9.17, 15) is 13.2 Å². The van der Waals surface area contributed by atoms with E-state index in [4.69, 9.17) is 11.6 Å². The van der Waals surface area contributed by atoms with Gasteiger partial charge in [-0.15, -0.1) is 0 Å². The van der Waals surface area contributed by atoms with E-state index in [2.05, 4.69) is 15.5 Å². The van der Waals surface area contributed by atoms with Crippen molar-refractivity contribution < 1.29 is 13.2 Å². The van der Waals surface area contributed by atoms with Crippen LogP contribution in [0.5, 0.6) is 0 Å². The number of hydrogen-bond acceptors (Lipinski definition) is 3. The third-order valence-electron chi connectivity index (χ3n) is 1.11. The second kappa shape index (κ2) is 4.28. The largest absolute Gasteiger partial charge is 0.428 e. The Balaban J connectivity index is 2.58. The van der Waals surface area contributed by atoms with Crippen molar-refractivity contribution in [3.05, 3.63) is 23.4 Å². The predicted octanol–water partition coefficient (Wildman–Crippen LogP) is 2.70. The van der Waals surface area contributed by atoms with Crippen molar-refractivity contribution in [3.63, 3.8) is 0 Å². The monoisotopic (exact) mass is 223 g/mol. The van der Waals surface area contributed by atoms with Crippen LogP contribution in [0.4, 0.5) is 19.0 Å². The van der Waals surface area contributed by atoms with Gasteiger partial charge in [0.25, 0.3) is 0 Å². The fourth-order valence-electron chi connectivity index (χ4n) is 0.638. The molecule has 1 rings (SSSR count). The Morgan fingerprint density at radius 1 is 1.50 bits per heavy atom. The van der Waals surface area contributed by atoms with Gasteiger partial charge in [0, 0.05) is 17.3 Å². The highest BCUT2D eigenvalue weighted by atomic mass is 35.5. The Bertz CT molecular complexity index is 337. The molecule has 1 heterocycles. The molecule has 1 aromatic heterocycles. The Labute approximate surface area is 82.6 Å². The van der Waals surface area contributed by atoms with Crippen molar-refractivity contribution in [1.82, 2.24) is 4.98 Å². The molecule has 0 saturated carbocycles. The van der Waals surface area contributed by atoms with Gasteiger partial charge in [-0.3, -0.25) is 5.43 Å². The molecule has 0 amide bonds. The zero-order valence-electron chi connectivity index (χ0n) is 6.72. The number of alkyl halides is 3. The molecule has 0 saturated heterocycles. The van der Waals surface area contributed by atoms with Gasteiger partial charge in [-0.05, 0) is 6.07 Å². The quantitative estimate of drug-likeness (QED) is 0.618. The molecule has 0 bridgehead atoms. The van der Waals surface area contributed by atoms with Gasteiger partial charge in [-0.25, -0.2) is 4.98 Å². The van der Waals surface area contributed by atoms with E-state index in [-0.39, 0.29) is 12.0 Å². The predicted molar refractivity (Wildman–Crippen MR) is 47.4 cm³/mol. The van der Waals surface area contributed by atoms with Crippen LogP contribution in [0, 0.1) is 0 Å². The zero-order chi connectivity index (χ0) is 10.6. The smallest absolute Gasteiger partial charge is 0.261 e. The number of nitrogens with one attached hydrogen (secondary N) is 1. The Kier molecular flexibility index (Phi) is 3.29.